The van der Waals surface area contributed by atoms with E-state index in [4.69, 9.17) is 4.74 Å². The molecule has 0 aliphatic heterocycles. The van der Waals surface area contributed by atoms with Crippen molar-refractivity contribution < 1.29 is 9.53 Å². The summed E-state index contributed by atoms with van der Waals surface area (Å²) in [4.78, 5) is 12.3. The summed E-state index contributed by atoms with van der Waals surface area (Å²) in [5, 5.41) is 0. The summed E-state index contributed by atoms with van der Waals surface area (Å²) in [5.41, 5.74) is 4.45. The molecule has 0 saturated carbocycles. The highest BCUT2D eigenvalue weighted by atomic mass is 16.5. The molecule has 0 aliphatic rings. The zero-order valence-corrected chi connectivity index (χ0v) is 14.9. The van der Waals surface area contributed by atoms with E-state index >= 15 is 0 Å². The van der Waals surface area contributed by atoms with E-state index in [9.17, 15) is 4.79 Å². The van der Waals surface area contributed by atoms with Crippen LogP contribution in [0.25, 0.3) is 12.2 Å². The summed E-state index contributed by atoms with van der Waals surface area (Å²) in [5.74, 6) is 0.238. The molecule has 1 atom stereocenters. The number of ether oxygens (including phenoxy) is 1. The number of aryl methyl sites for hydroxylation is 1. The van der Waals surface area contributed by atoms with Gasteiger partial charge in [0.25, 0.3) is 0 Å². The smallest absolute Gasteiger partial charge is 0.135 e. The van der Waals surface area contributed by atoms with Crippen molar-refractivity contribution >= 4 is 17.9 Å². The highest BCUT2D eigenvalue weighted by molar-refractivity contribution is 5.79. The number of hydrogen-bond donors (Lipinski definition) is 0. The molecule has 0 spiro atoms. The quantitative estimate of drug-likeness (QED) is 0.602. The molecule has 2 nitrogen and oxygen atoms in total. The van der Waals surface area contributed by atoms with E-state index in [1.165, 1.54) is 5.56 Å². The number of hydrogen-bond acceptors (Lipinski definition) is 2. The van der Waals surface area contributed by atoms with Gasteiger partial charge in [0.05, 0.1) is 6.10 Å². The minimum absolute atomic E-state index is 0.101. The fourth-order valence-electron chi connectivity index (χ4n) is 2.90. The lowest BCUT2D eigenvalue weighted by atomic mass is 9.97. The molecule has 0 amide bonds. The Labute approximate surface area is 150 Å². The minimum atomic E-state index is -0.101. The highest BCUT2D eigenvalue weighted by Gasteiger charge is 2.14. The first-order valence-electron chi connectivity index (χ1n) is 8.62. The molecule has 0 radical (unpaired) electrons. The predicted molar refractivity (Wildman–Crippen MR) is 106 cm³/mol. The normalized spacial score (nSPS) is 11.7. The van der Waals surface area contributed by atoms with Crippen molar-refractivity contribution in [1.82, 2.24) is 0 Å². The largest absolute Gasteiger partial charge is 0.381 e. The Balaban J connectivity index is 1.92. The molecule has 0 aliphatic carbocycles. The zero-order valence-electron chi connectivity index (χ0n) is 14.9. The molecular formula is C23H26O2. The molecule has 2 rings (SSSR count). The third-order valence-corrected chi connectivity index (χ3v) is 4.38. The van der Waals surface area contributed by atoms with Gasteiger partial charge in [0, 0.05) is 20.0 Å². The number of rotatable bonds is 10. The fourth-order valence-corrected chi connectivity index (χ4v) is 2.90. The molecule has 0 saturated heterocycles. The second kappa shape index (κ2) is 9.75. The first kappa shape index (κ1) is 18.9. The van der Waals surface area contributed by atoms with Gasteiger partial charge in [-0.3, -0.25) is 4.79 Å². The fraction of sp³-hybridized carbons (Fsp3) is 0.261. The summed E-state index contributed by atoms with van der Waals surface area (Å²) < 4.78 is 5.54. The minimum Gasteiger partial charge on any atom is -0.381 e. The van der Waals surface area contributed by atoms with Crippen LogP contribution >= 0.6 is 0 Å². The van der Waals surface area contributed by atoms with Gasteiger partial charge in [-0.2, -0.15) is 0 Å². The second-order valence-corrected chi connectivity index (χ2v) is 6.16. The van der Waals surface area contributed by atoms with Crippen LogP contribution in [0.4, 0.5) is 0 Å². The molecule has 130 valence electrons. The van der Waals surface area contributed by atoms with Gasteiger partial charge in [0.15, 0.2) is 0 Å². The van der Waals surface area contributed by atoms with Crippen molar-refractivity contribution in [3.05, 3.63) is 83.9 Å². The van der Waals surface area contributed by atoms with Crippen LogP contribution in [0, 0.1) is 0 Å². The lowest BCUT2D eigenvalue weighted by Crippen LogP contribution is -2.19. The van der Waals surface area contributed by atoms with Crippen molar-refractivity contribution in [1.29, 1.82) is 0 Å². The van der Waals surface area contributed by atoms with Crippen molar-refractivity contribution in [3.8, 4) is 0 Å². The van der Waals surface area contributed by atoms with Crippen LogP contribution in [0.1, 0.15) is 35.1 Å². The van der Waals surface area contributed by atoms with Gasteiger partial charge in [0.2, 0.25) is 0 Å². The van der Waals surface area contributed by atoms with Gasteiger partial charge < -0.3 is 4.74 Å². The van der Waals surface area contributed by atoms with E-state index in [1.54, 1.807) is 7.11 Å². The third-order valence-electron chi connectivity index (χ3n) is 4.38. The van der Waals surface area contributed by atoms with Crippen LogP contribution in [0.2, 0.25) is 0 Å². The van der Waals surface area contributed by atoms with Crippen LogP contribution in [-0.4, -0.2) is 19.0 Å². The van der Waals surface area contributed by atoms with Gasteiger partial charge in [-0.1, -0.05) is 73.8 Å². The zero-order chi connectivity index (χ0) is 18.1. The Kier molecular flexibility index (Phi) is 7.36. The van der Waals surface area contributed by atoms with E-state index in [0.717, 1.165) is 23.1 Å². The van der Waals surface area contributed by atoms with E-state index in [0.29, 0.717) is 19.3 Å². The van der Waals surface area contributed by atoms with Crippen LogP contribution in [-0.2, 0) is 22.4 Å². The molecule has 0 fully saturated rings. The molecule has 1 unspecified atom stereocenters. The monoisotopic (exact) mass is 334 g/mol. The van der Waals surface area contributed by atoms with Crippen LogP contribution in [0.15, 0.2) is 61.7 Å². The lowest BCUT2D eigenvalue weighted by molar-refractivity contribution is -0.121. The van der Waals surface area contributed by atoms with Crippen molar-refractivity contribution in [2.75, 3.05) is 7.11 Å². The molecule has 25 heavy (non-hydrogen) atoms. The summed E-state index contributed by atoms with van der Waals surface area (Å²) in [6.45, 7) is 7.66. The summed E-state index contributed by atoms with van der Waals surface area (Å²) in [6.07, 6.45) is 6.04. The Morgan fingerprint density at radius 3 is 2.40 bits per heavy atom. The Morgan fingerprint density at radius 2 is 1.76 bits per heavy atom. The Bertz CT molecular complexity index is 716. The summed E-state index contributed by atoms with van der Waals surface area (Å²) in [6, 6.07) is 16.3. The summed E-state index contributed by atoms with van der Waals surface area (Å²) >= 11 is 0. The topological polar surface area (TPSA) is 26.3 Å². The van der Waals surface area contributed by atoms with Gasteiger partial charge in [-0.15, -0.1) is 0 Å². The molecule has 2 aromatic carbocycles. The molecular weight excluding hydrogens is 308 g/mol. The van der Waals surface area contributed by atoms with Crippen molar-refractivity contribution in [3.63, 3.8) is 0 Å². The Morgan fingerprint density at radius 1 is 1.04 bits per heavy atom. The van der Waals surface area contributed by atoms with E-state index in [-0.39, 0.29) is 11.9 Å². The molecule has 2 heteroatoms. The molecule has 0 N–H and O–H groups in total. The summed E-state index contributed by atoms with van der Waals surface area (Å²) in [7, 11) is 1.67. The van der Waals surface area contributed by atoms with Crippen LogP contribution < -0.4 is 0 Å². The number of benzene rings is 2. The first-order valence-corrected chi connectivity index (χ1v) is 8.62. The van der Waals surface area contributed by atoms with Gasteiger partial charge >= 0.3 is 0 Å². The average molecular weight is 334 g/mol. The number of ketones is 1. The molecule has 0 bridgehead atoms. The highest BCUT2D eigenvalue weighted by Crippen LogP contribution is 2.18. The van der Waals surface area contributed by atoms with Crippen LogP contribution in [0.3, 0.4) is 0 Å². The van der Waals surface area contributed by atoms with Gasteiger partial charge in [-0.05, 0) is 35.1 Å². The van der Waals surface area contributed by atoms with Crippen molar-refractivity contribution in [2.24, 2.45) is 0 Å². The standard InChI is InChI=1S/C23H26O2/c1-4-20-13-11-19(15-21(20)5-2)16-23(25-3)17-22(24)14-12-18-9-7-6-8-10-18/h4-11,13,15,23H,1-2,12,14,16-17H2,3H3. The SMILES string of the molecule is C=Cc1ccc(CC(CC(=O)CCc2ccccc2)OC)cc1C=C. The average Bonchev–Trinajstić information content (AvgIpc) is 2.66. The number of methoxy groups -OCH3 is 1. The van der Waals surface area contributed by atoms with Gasteiger partial charge in [0.1, 0.15) is 5.78 Å². The molecule has 0 heterocycles. The molecule has 0 aromatic heterocycles. The van der Waals surface area contributed by atoms with E-state index < -0.39 is 0 Å². The van der Waals surface area contributed by atoms with Gasteiger partial charge in [-0.25, -0.2) is 0 Å². The maximum atomic E-state index is 12.3. The molecule has 2 aromatic rings. The van der Waals surface area contributed by atoms with Crippen molar-refractivity contribution in [2.45, 2.75) is 31.8 Å². The van der Waals surface area contributed by atoms with E-state index in [2.05, 4.69) is 37.4 Å². The third kappa shape index (κ3) is 5.84. The van der Waals surface area contributed by atoms with E-state index in [1.807, 2.05) is 36.4 Å². The number of Topliss-reactive ketones (excluding diaryl/α,β-unsaturated/α-hetero) is 1. The second-order valence-electron chi connectivity index (χ2n) is 6.16. The predicted octanol–water partition coefficient (Wildman–Crippen LogP) is 5.12. The first-order chi connectivity index (χ1) is 12.2. The van der Waals surface area contributed by atoms with Crippen LogP contribution in [0.5, 0.6) is 0 Å². The Hall–Kier alpha value is -2.45. The maximum absolute atomic E-state index is 12.3. The number of carbonyl (C=O) groups is 1. The lowest BCUT2D eigenvalue weighted by Gasteiger charge is -2.15. The number of carbonyl (C=O) groups excluding carboxylic acids is 1. The maximum Gasteiger partial charge on any atom is 0.135 e.